The van der Waals surface area contributed by atoms with Crippen LogP contribution in [0.4, 0.5) is 0 Å². The first-order chi connectivity index (χ1) is 17.4. The Balaban J connectivity index is 2.86. The van der Waals surface area contributed by atoms with E-state index in [0.717, 1.165) is 0 Å². The van der Waals surface area contributed by atoms with Gasteiger partial charge in [0.15, 0.2) is 11.5 Å². The lowest BCUT2D eigenvalue weighted by Crippen LogP contribution is -2.36. The molecule has 0 heterocycles. The number of benzene rings is 1. The maximum Gasteiger partial charge on any atom is 0.323 e. The first kappa shape index (κ1) is 32.1. The normalized spacial score (nSPS) is 12.7. The van der Waals surface area contributed by atoms with Crippen LogP contribution in [0.15, 0.2) is 18.2 Å². The lowest BCUT2D eigenvalue weighted by Gasteiger charge is -2.17. The molecule has 0 aliphatic heterocycles. The Kier molecular flexibility index (Phi) is 14.5. The second-order valence-corrected chi connectivity index (χ2v) is 10.1. The van der Waals surface area contributed by atoms with Gasteiger partial charge in [-0.1, -0.05) is 40.7 Å². The van der Waals surface area contributed by atoms with Crippen LogP contribution in [0.3, 0.4) is 0 Å². The zero-order valence-electron chi connectivity index (χ0n) is 23.0. The Morgan fingerprint density at radius 3 is 1.92 bits per heavy atom. The Morgan fingerprint density at radius 1 is 0.811 bits per heavy atom. The monoisotopic (exact) mass is 521 g/mol. The number of esters is 4. The summed E-state index contributed by atoms with van der Waals surface area (Å²) in [7, 11) is 0. The van der Waals surface area contributed by atoms with E-state index < -0.39 is 30.1 Å². The molecule has 1 rings (SSSR count). The Labute approximate surface area is 220 Å². The number of carbonyl (C=O) groups excluding carboxylic acids is 4. The highest BCUT2D eigenvalue weighted by atomic mass is 16.6. The molecule has 9 nitrogen and oxygen atoms in total. The smallest absolute Gasteiger partial charge is 0.323 e. The number of carbonyl (C=O) groups is 4. The molecule has 0 amide bonds. The molecular formula is C28H43NO8. The average Bonchev–Trinajstić information content (AvgIpc) is 2.81. The standard InChI is InChI=1S/C28H43NO8/c1-7-8-25(30)35-20(6)17-34-28(33)22(29)15-21-11-12-23(36-26(31)13-9-18(2)3)24(16-21)37-27(32)14-10-19(4)5/h11-12,16,18-20,22H,7-10,13-15,17,29H2,1-6H3/t20-,22-/m0/s1. The number of hydrogen-bond donors (Lipinski definition) is 1. The van der Waals surface area contributed by atoms with E-state index >= 15 is 0 Å². The van der Waals surface area contributed by atoms with E-state index in [9.17, 15) is 19.2 Å². The molecule has 0 spiro atoms. The molecular weight excluding hydrogens is 478 g/mol. The largest absolute Gasteiger partial charge is 0.461 e. The van der Waals surface area contributed by atoms with Gasteiger partial charge >= 0.3 is 23.9 Å². The molecule has 2 N–H and O–H groups in total. The molecule has 208 valence electrons. The fraction of sp³-hybridized carbons (Fsp3) is 0.643. The van der Waals surface area contributed by atoms with Gasteiger partial charge in [-0.2, -0.15) is 0 Å². The van der Waals surface area contributed by atoms with Crippen molar-refractivity contribution in [3.05, 3.63) is 23.8 Å². The van der Waals surface area contributed by atoms with Crippen LogP contribution in [-0.4, -0.2) is 42.6 Å². The van der Waals surface area contributed by atoms with Crippen molar-refractivity contribution >= 4 is 23.9 Å². The van der Waals surface area contributed by atoms with E-state index in [1.165, 1.54) is 6.07 Å². The molecule has 0 aliphatic rings. The lowest BCUT2D eigenvalue weighted by atomic mass is 10.1. The van der Waals surface area contributed by atoms with Crippen LogP contribution in [-0.2, 0) is 35.1 Å². The van der Waals surface area contributed by atoms with Gasteiger partial charge in [0.05, 0.1) is 0 Å². The summed E-state index contributed by atoms with van der Waals surface area (Å²) < 4.78 is 21.3. The van der Waals surface area contributed by atoms with Crippen molar-refractivity contribution in [2.24, 2.45) is 17.6 Å². The van der Waals surface area contributed by atoms with Crippen LogP contribution in [0.5, 0.6) is 11.5 Å². The average molecular weight is 522 g/mol. The molecule has 0 aromatic heterocycles. The summed E-state index contributed by atoms with van der Waals surface area (Å²) in [6.45, 7) is 11.4. The summed E-state index contributed by atoms with van der Waals surface area (Å²) in [6.07, 6.45) is 2.27. The van der Waals surface area contributed by atoms with Crippen LogP contribution in [0.1, 0.15) is 85.6 Å². The number of ether oxygens (including phenoxy) is 4. The summed E-state index contributed by atoms with van der Waals surface area (Å²) in [4.78, 5) is 48.6. The summed E-state index contributed by atoms with van der Waals surface area (Å²) in [5, 5.41) is 0. The number of hydrogen-bond acceptors (Lipinski definition) is 9. The first-order valence-electron chi connectivity index (χ1n) is 13.1. The van der Waals surface area contributed by atoms with E-state index in [0.29, 0.717) is 43.1 Å². The van der Waals surface area contributed by atoms with Crippen LogP contribution < -0.4 is 15.2 Å². The van der Waals surface area contributed by atoms with E-state index in [1.807, 2.05) is 34.6 Å². The minimum absolute atomic E-state index is 0.0982. The van der Waals surface area contributed by atoms with Crippen molar-refractivity contribution in [2.45, 2.75) is 98.6 Å². The molecule has 0 radical (unpaired) electrons. The van der Waals surface area contributed by atoms with Crippen LogP contribution >= 0.6 is 0 Å². The van der Waals surface area contributed by atoms with Crippen molar-refractivity contribution in [3.63, 3.8) is 0 Å². The second kappa shape index (κ2) is 16.7. The van der Waals surface area contributed by atoms with Crippen molar-refractivity contribution in [3.8, 4) is 11.5 Å². The van der Waals surface area contributed by atoms with Gasteiger partial charge in [-0.25, -0.2) is 0 Å². The summed E-state index contributed by atoms with van der Waals surface area (Å²) in [5.41, 5.74) is 6.63. The van der Waals surface area contributed by atoms with E-state index in [1.54, 1.807) is 19.1 Å². The molecule has 0 unspecified atom stereocenters. The van der Waals surface area contributed by atoms with Crippen LogP contribution in [0.25, 0.3) is 0 Å². The van der Waals surface area contributed by atoms with Crippen LogP contribution in [0, 0.1) is 11.8 Å². The molecule has 1 aromatic carbocycles. The summed E-state index contributed by atoms with van der Waals surface area (Å²) >= 11 is 0. The third kappa shape index (κ3) is 13.8. The third-order valence-electron chi connectivity index (χ3n) is 5.31. The van der Waals surface area contributed by atoms with Crippen LogP contribution in [0.2, 0.25) is 0 Å². The molecule has 0 saturated carbocycles. The minimum Gasteiger partial charge on any atom is -0.461 e. The highest BCUT2D eigenvalue weighted by Crippen LogP contribution is 2.30. The number of nitrogens with two attached hydrogens (primary N) is 1. The fourth-order valence-corrected chi connectivity index (χ4v) is 3.17. The molecule has 37 heavy (non-hydrogen) atoms. The predicted octanol–water partition coefficient (Wildman–Crippen LogP) is 4.51. The highest BCUT2D eigenvalue weighted by molar-refractivity contribution is 5.77. The molecule has 0 saturated heterocycles. The van der Waals surface area contributed by atoms with E-state index in [2.05, 4.69) is 0 Å². The zero-order valence-corrected chi connectivity index (χ0v) is 23.0. The Bertz CT molecular complexity index is 896. The first-order valence-corrected chi connectivity index (χ1v) is 13.1. The molecule has 1 aromatic rings. The van der Waals surface area contributed by atoms with Gasteiger partial charge in [-0.15, -0.1) is 0 Å². The Hall–Kier alpha value is -2.94. The lowest BCUT2D eigenvalue weighted by molar-refractivity contribution is -0.158. The van der Waals surface area contributed by atoms with E-state index in [4.69, 9.17) is 24.7 Å². The van der Waals surface area contributed by atoms with Gasteiger partial charge in [-0.05, 0) is 62.1 Å². The van der Waals surface area contributed by atoms with Crippen molar-refractivity contribution in [2.75, 3.05) is 6.61 Å². The number of rotatable bonds is 16. The molecule has 0 fully saturated rings. The Morgan fingerprint density at radius 2 is 1.38 bits per heavy atom. The zero-order chi connectivity index (χ0) is 28.0. The van der Waals surface area contributed by atoms with Gasteiger partial charge in [-0.3, -0.25) is 19.2 Å². The van der Waals surface area contributed by atoms with Gasteiger partial charge in [0.2, 0.25) is 0 Å². The SMILES string of the molecule is CCCC(=O)O[C@@H](C)COC(=O)[C@@H](N)Cc1ccc(OC(=O)CCC(C)C)c(OC(=O)CCC(C)C)c1. The van der Waals surface area contributed by atoms with Gasteiger partial charge in [0, 0.05) is 19.3 Å². The minimum atomic E-state index is -0.998. The molecule has 2 atom stereocenters. The van der Waals surface area contributed by atoms with Gasteiger partial charge in [0.25, 0.3) is 0 Å². The quantitative estimate of drug-likeness (QED) is 0.246. The fourth-order valence-electron chi connectivity index (χ4n) is 3.17. The topological polar surface area (TPSA) is 131 Å². The predicted molar refractivity (Wildman–Crippen MR) is 139 cm³/mol. The summed E-state index contributed by atoms with van der Waals surface area (Å²) in [6, 6.07) is 3.72. The van der Waals surface area contributed by atoms with Crippen molar-refractivity contribution < 1.29 is 38.1 Å². The molecule has 9 heteroatoms. The maximum atomic E-state index is 12.4. The van der Waals surface area contributed by atoms with Crippen molar-refractivity contribution in [1.82, 2.24) is 0 Å². The molecule has 0 bridgehead atoms. The second-order valence-electron chi connectivity index (χ2n) is 10.1. The van der Waals surface area contributed by atoms with Gasteiger partial charge in [0.1, 0.15) is 18.8 Å². The van der Waals surface area contributed by atoms with Gasteiger partial charge < -0.3 is 24.7 Å². The van der Waals surface area contributed by atoms with E-state index in [-0.39, 0.29) is 43.3 Å². The van der Waals surface area contributed by atoms with Crippen molar-refractivity contribution in [1.29, 1.82) is 0 Å². The third-order valence-corrected chi connectivity index (χ3v) is 5.31. The highest BCUT2D eigenvalue weighted by Gasteiger charge is 2.21. The maximum absolute atomic E-state index is 12.4. The summed E-state index contributed by atoms with van der Waals surface area (Å²) in [5.74, 6) is -0.968. The molecule has 0 aliphatic carbocycles.